The molecule has 1 heterocycles. The monoisotopic (exact) mass is 401 g/mol. The van der Waals surface area contributed by atoms with Crippen LogP contribution in [0.3, 0.4) is 0 Å². The number of rotatable bonds is 3. The summed E-state index contributed by atoms with van der Waals surface area (Å²) >= 11 is 0. The smallest absolute Gasteiger partial charge is 0.191 e. The molecule has 1 aliphatic carbocycles. The van der Waals surface area contributed by atoms with Crippen molar-refractivity contribution in [3.05, 3.63) is 17.5 Å². The molecule has 2 rings (SSSR count). The quantitative estimate of drug-likeness (QED) is 0.351. The van der Waals surface area contributed by atoms with Gasteiger partial charge in [0.15, 0.2) is 5.96 Å². The zero-order valence-electron chi connectivity index (χ0n) is 12.9. The summed E-state index contributed by atoms with van der Waals surface area (Å²) in [7, 11) is 1.76. The first-order valence-electron chi connectivity index (χ1n) is 7.11. The highest BCUT2D eigenvalue weighted by molar-refractivity contribution is 14.0. The summed E-state index contributed by atoms with van der Waals surface area (Å²) in [6.45, 7) is 4.79. The zero-order chi connectivity index (χ0) is 14.5. The van der Waals surface area contributed by atoms with Crippen LogP contribution in [0.1, 0.15) is 37.6 Å². The predicted molar refractivity (Wildman–Crippen MR) is 97.2 cm³/mol. The van der Waals surface area contributed by atoms with Gasteiger partial charge in [0.1, 0.15) is 0 Å². The summed E-state index contributed by atoms with van der Waals surface area (Å²) in [6.07, 6.45) is 10.5. The van der Waals surface area contributed by atoms with Gasteiger partial charge in [0.05, 0.1) is 12.2 Å². The van der Waals surface area contributed by atoms with Crippen LogP contribution in [0.15, 0.2) is 11.2 Å². The first kappa shape index (κ1) is 17.8. The van der Waals surface area contributed by atoms with E-state index < -0.39 is 0 Å². The number of fused-ring (bicyclic) bond motifs is 1. The molecule has 0 fully saturated rings. The number of aromatic nitrogens is 2. The second-order valence-corrected chi connectivity index (χ2v) is 5.39. The Hall–Kier alpha value is -1.23. The van der Waals surface area contributed by atoms with E-state index in [1.807, 2.05) is 0 Å². The minimum Gasteiger partial charge on any atom is -0.353 e. The molecule has 21 heavy (non-hydrogen) atoms. The Labute approximate surface area is 144 Å². The summed E-state index contributed by atoms with van der Waals surface area (Å²) < 4.78 is 2.05. The number of guanidine groups is 1. The highest BCUT2D eigenvalue weighted by Crippen LogP contribution is 2.21. The van der Waals surface area contributed by atoms with Crippen LogP contribution < -0.4 is 10.6 Å². The SMILES string of the molecule is C#CCNC(=NC)NC1CCc2cn(C(C)C)nc2C1.I. The maximum atomic E-state index is 5.25. The average molecular weight is 401 g/mol. The summed E-state index contributed by atoms with van der Waals surface area (Å²) in [5, 5.41) is 11.2. The molecule has 1 aromatic heterocycles. The molecule has 116 valence electrons. The van der Waals surface area contributed by atoms with Crippen LogP contribution >= 0.6 is 24.0 Å². The van der Waals surface area contributed by atoms with Crippen LogP contribution in [-0.4, -0.2) is 35.4 Å². The standard InChI is InChI=1S/C15H23N5.HI/c1-5-8-17-15(16-4)18-13-7-6-12-10-20(11(2)3)19-14(12)9-13;/h1,10-11,13H,6-9H2,2-4H3,(H2,16,17,18);1H. The predicted octanol–water partition coefficient (Wildman–Crippen LogP) is 1.74. The fourth-order valence-corrected chi connectivity index (χ4v) is 2.42. The molecule has 1 aromatic rings. The molecule has 0 saturated carbocycles. The Morgan fingerprint density at radius 1 is 1.62 bits per heavy atom. The van der Waals surface area contributed by atoms with Gasteiger partial charge in [-0.2, -0.15) is 5.10 Å². The molecule has 0 radical (unpaired) electrons. The molecule has 0 amide bonds. The molecular formula is C15H24IN5. The van der Waals surface area contributed by atoms with Gasteiger partial charge in [0, 0.05) is 31.7 Å². The number of hydrogen-bond acceptors (Lipinski definition) is 2. The van der Waals surface area contributed by atoms with Crippen molar-refractivity contribution in [2.24, 2.45) is 4.99 Å². The zero-order valence-corrected chi connectivity index (χ0v) is 15.2. The van der Waals surface area contributed by atoms with E-state index >= 15 is 0 Å². The van der Waals surface area contributed by atoms with Crippen molar-refractivity contribution in [2.45, 2.75) is 45.2 Å². The van der Waals surface area contributed by atoms with Gasteiger partial charge in [-0.05, 0) is 32.3 Å². The second kappa shape index (κ2) is 8.27. The van der Waals surface area contributed by atoms with Gasteiger partial charge in [-0.3, -0.25) is 9.67 Å². The number of nitrogens with one attached hydrogen (secondary N) is 2. The van der Waals surface area contributed by atoms with Gasteiger partial charge in [-0.15, -0.1) is 30.4 Å². The van der Waals surface area contributed by atoms with Crippen molar-refractivity contribution in [3.63, 3.8) is 0 Å². The molecule has 0 aromatic carbocycles. The molecule has 6 heteroatoms. The van der Waals surface area contributed by atoms with Crippen molar-refractivity contribution < 1.29 is 0 Å². The second-order valence-electron chi connectivity index (χ2n) is 5.39. The highest BCUT2D eigenvalue weighted by Gasteiger charge is 2.22. The Kier molecular flexibility index (Phi) is 7.02. The van der Waals surface area contributed by atoms with E-state index in [9.17, 15) is 0 Å². The molecule has 2 N–H and O–H groups in total. The van der Waals surface area contributed by atoms with Gasteiger partial charge >= 0.3 is 0 Å². The number of nitrogens with zero attached hydrogens (tertiary/aromatic N) is 3. The van der Waals surface area contributed by atoms with E-state index in [1.54, 1.807) is 7.05 Å². The maximum absolute atomic E-state index is 5.25. The van der Waals surface area contributed by atoms with E-state index in [1.165, 1.54) is 11.3 Å². The Morgan fingerprint density at radius 3 is 3.00 bits per heavy atom. The lowest BCUT2D eigenvalue weighted by molar-refractivity contribution is 0.500. The van der Waals surface area contributed by atoms with Crippen molar-refractivity contribution in [3.8, 4) is 12.3 Å². The van der Waals surface area contributed by atoms with Crippen LogP contribution in [0, 0.1) is 12.3 Å². The Morgan fingerprint density at radius 2 is 2.38 bits per heavy atom. The summed E-state index contributed by atoms with van der Waals surface area (Å²) in [4.78, 5) is 4.18. The number of hydrogen-bond donors (Lipinski definition) is 2. The molecule has 0 saturated heterocycles. The van der Waals surface area contributed by atoms with Gasteiger partial charge in [-0.1, -0.05) is 5.92 Å². The minimum atomic E-state index is 0. The first-order chi connectivity index (χ1) is 9.63. The third kappa shape index (κ3) is 4.63. The van der Waals surface area contributed by atoms with E-state index in [2.05, 4.69) is 51.4 Å². The average Bonchev–Trinajstić information content (AvgIpc) is 2.86. The third-order valence-electron chi connectivity index (χ3n) is 3.55. The molecule has 0 aliphatic heterocycles. The summed E-state index contributed by atoms with van der Waals surface area (Å²) in [6, 6.07) is 0.777. The third-order valence-corrected chi connectivity index (χ3v) is 3.55. The van der Waals surface area contributed by atoms with Crippen LogP contribution in [0.5, 0.6) is 0 Å². The van der Waals surface area contributed by atoms with Crippen LogP contribution in [0.25, 0.3) is 0 Å². The fourth-order valence-electron chi connectivity index (χ4n) is 2.42. The largest absolute Gasteiger partial charge is 0.353 e. The van der Waals surface area contributed by atoms with Gasteiger partial charge in [0.25, 0.3) is 0 Å². The van der Waals surface area contributed by atoms with Crippen LogP contribution in [-0.2, 0) is 12.8 Å². The molecular weight excluding hydrogens is 377 g/mol. The Bertz CT molecular complexity index is 527. The van der Waals surface area contributed by atoms with Crippen LogP contribution in [0.4, 0.5) is 0 Å². The van der Waals surface area contributed by atoms with Crippen molar-refractivity contribution in [1.82, 2.24) is 20.4 Å². The molecule has 0 bridgehead atoms. The summed E-state index contributed by atoms with van der Waals surface area (Å²) in [5.41, 5.74) is 2.58. The number of halogens is 1. The molecule has 1 atom stereocenters. The van der Waals surface area contributed by atoms with Crippen molar-refractivity contribution in [2.75, 3.05) is 13.6 Å². The number of aliphatic imine (C=N–C) groups is 1. The van der Waals surface area contributed by atoms with E-state index in [0.717, 1.165) is 25.2 Å². The maximum Gasteiger partial charge on any atom is 0.191 e. The molecule has 0 spiro atoms. The van der Waals surface area contributed by atoms with Crippen molar-refractivity contribution in [1.29, 1.82) is 0 Å². The molecule has 5 nitrogen and oxygen atoms in total. The molecule has 1 aliphatic rings. The highest BCUT2D eigenvalue weighted by atomic mass is 127. The fraction of sp³-hybridized carbons (Fsp3) is 0.600. The van der Waals surface area contributed by atoms with Gasteiger partial charge in [-0.25, -0.2) is 0 Å². The van der Waals surface area contributed by atoms with E-state index in [4.69, 9.17) is 6.42 Å². The first-order valence-corrected chi connectivity index (χ1v) is 7.11. The summed E-state index contributed by atoms with van der Waals surface area (Å²) in [5.74, 6) is 3.32. The van der Waals surface area contributed by atoms with Gasteiger partial charge < -0.3 is 10.6 Å². The van der Waals surface area contributed by atoms with Crippen LogP contribution in [0.2, 0.25) is 0 Å². The minimum absolute atomic E-state index is 0. The normalized spacial score (nSPS) is 17.7. The molecule has 1 unspecified atom stereocenters. The van der Waals surface area contributed by atoms with Crippen molar-refractivity contribution >= 4 is 29.9 Å². The Balaban J connectivity index is 0.00000220. The lowest BCUT2D eigenvalue weighted by Crippen LogP contribution is -2.45. The number of terminal acetylenes is 1. The number of aryl methyl sites for hydroxylation is 1. The lowest BCUT2D eigenvalue weighted by Gasteiger charge is -2.24. The van der Waals surface area contributed by atoms with E-state index in [-0.39, 0.29) is 24.0 Å². The lowest BCUT2D eigenvalue weighted by atomic mass is 9.94. The van der Waals surface area contributed by atoms with Gasteiger partial charge in [0.2, 0.25) is 0 Å². The topological polar surface area (TPSA) is 54.2 Å². The van der Waals surface area contributed by atoms with E-state index in [0.29, 0.717) is 18.6 Å².